The normalized spacial score (nSPS) is 11.1. The van der Waals surface area contributed by atoms with E-state index in [4.69, 9.17) is 9.68 Å². The third kappa shape index (κ3) is 2.75. The molecule has 1 N–H and O–H groups in total. The van der Waals surface area contributed by atoms with Crippen LogP contribution in [0, 0.1) is 25.2 Å². The first-order valence-corrected chi connectivity index (χ1v) is 5.73. The van der Waals surface area contributed by atoms with Gasteiger partial charge in [-0.3, -0.25) is 14.9 Å². The molecule has 0 bridgehead atoms. The SMILES string of the molecule is Cc1ccc(C)n1NC(=O)/C(C#N)=C\c1ccco1. The first-order valence-electron chi connectivity index (χ1n) is 5.73. The van der Waals surface area contributed by atoms with Gasteiger partial charge in [-0.15, -0.1) is 0 Å². The minimum atomic E-state index is -0.471. The van der Waals surface area contributed by atoms with Gasteiger partial charge in [0.1, 0.15) is 17.4 Å². The van der Waals surface area contributed by atoms with Crippen molar-refractivity contribution < 1.29 is 9.21 Å². The van der Waals surface area contributed by atoms with E-state index in [9.17, 15) is 4.79 Å². The summed E-state index contributed by atoms with van der Waals surface area (Å²) in [6, 6.07) is 9.01. The molecule has 0 unspecified atom stereocenters. The zero-order chi connectivity index (χ0) is 13.8. The molecule has 0 spiro atoms. The van der Waals surface area contributed by atoms with Crippen molar-refractivity contribution in [3.8, 4) is 6.07 Å². The Balaban J connectivity index is 2.22. The fourth-order valence-electron chi connectivity index (χ4n) is 1.67. The molecule has 5 heteroatoms. The Kier molecular flexibility index (Phi) is 3.53. The summed E-state index contributed by atoms with van der Waals surface area (Å²) in [5.41, 5.74) is 4.44. The minimum Gasteiger partial charge on any atom is -0.465 e. The molecule has 2 heterocycles. The third-order valence-corrected chi connectivity index (χ3v) is 2.68. The maximum Gasteiger partial charge on any atom is 0.280 e. The lowest BCUT2D eigenvalue weighted by molar-refractivity contribution is -0.113. The highest BCUT2D eigenvalue weighted by Gasteiger charge is 2.12. The Morgan fingerprint density at radius 1 is 1.37 bits per heavy atom. The van der Waals surface area contributed by atoms with Crippen molar-refractivity contribution >= 4 is 12.0 Å². The van der Waals surface area contributed by atoms with E-state index in [1.54, 1.807) is 16.8 Å². The van der Waals surface area contributed by atoms with Crippen LogP contribution < -0.4 is 5.43 Å². The van der Waals surface area contributed by atoms with Crippen molar-refractivity contribution in [2.45, 2.75) is 13.8 Å². The van der Waals surface area contributed by atoms with Crippen LogP contribution in [0.5, 0.6) is 0 Å². The van der Waals surface area contributed by atoms with Gasteiger partial charge in [-0.05, 0) is 38.1 Å². The van der Waals surface area contributed by atoms with E-state index in [2.05, 4.69) is 5.43 Å². The number of nitrogens with zero attached hydrogens (tertiary/aromatic N) is 2. The van der Waals surface area contributed by atoms with Crippen molar-refractivity contribution in [3.63, 3.8) is 0 Å². The van der Waals surface area contributed by atoms with Crippen LogP contribution in [-0.4, -0.2) is 10.6 Å². The number of carbonyl (C=O) groups is 1. The zero-order valence-corrected chi connectivity index (χ0v) is 10.7. The van der Waals surface area contributed by atoms with Gasteiger partial charge >= 0.3 is 0 Å². The molecular formula is C14H13N3O2. The van der Waals surface area contributed by atoms with Crippen LogP contribution >= 0.6 is 0 Å². The van der Waals surface area contributed by atoms with Gasteiger partial charge in [0, 0.05) is 17.5 Å². The Labute approximate surface area is 110 Å². The highest BCUT2D eigenvalue weighted by molar-refractivity contribution is 6.06. The summed E-state index contributed by atoms with van der Waals surface area (Å²) in [4.78, 5) is 12.0. The Bertz CT molecular complexity index is 638. The van der Waals surface area contributed by atoms with Gasteiger partial charge in [0.25, 0.3) is 5.91 Å². The first-order chi connectivity index (χ1) is 9.11. The van der Waals surface area contributed by atoms with Crippen molar-refractivity contribution in [1.29, 1.82) is 5.26 Å². The largest absolute Gasteiger partial charge is 0.465 e. The van der Waals surface area contributed by atoms with Crippen molar-refractivity contribution in [2.75, 3.05) is 5.43 Å². The number of aromatic nitrogens is 1. The van der Waals surface area contributed by atoms with Crippen LogP contribution in [0.2, 0.25) is 0 Å². The number of furan rings is 1. The first kappa shape index (κ1) is 12.7. The molecule has 0 saturated carbocycles. The van der Waals surface area contributed by atoms with Crippen LogP contribution in [0.25, 0.3) is 6.08 Å². The van der Waals surface area contributed by atoms with E-state index in [0.29, 0.717) is 5.76 Å². The topological polar surface area (TPSA) is 71.0 Å². The lowest BCUT2D eigenvalue weighted by atomic mass is 10.2. The molecule has 2 aromatic rings. The average molecular weight is 255 g/mol. The summed E-state index contributed by atoms with van der Waals surface area (Å²) in [5.74, 6) is -0.00560. The molecule has 1 amide bonds. The lowest BCUT2D eigenvalue weighted by Crippen LogP contribution is -2.25. The predicted octanol–water partition coefficient (Wildman–Crippen LogP) is 2.38. The number of amides is 1. The van der Waals surface area contributed by atoms with E-state index in [0.717, 1.165) is 11.4 Å². The fourth-order valence-corrected chi connectivity index (χ4v) is 1.67. The van der Waals surface area contributed by atoms with E-state index in [1.165, 1.54) is 12.3 Å². The molecule has 0 aliphatic carbocycles. The number of aryl methyl sites for hydroxylation is 2. The van der Waals surface area contributed by atoms with Crippen LogP contribution in [0.3, 0.4) is 0 Å². The highest BCUT2D eigenvalue weighted by Crippen LogP contribution is 2.09. The van der Waals surface area contributed by atoms with Gasteiger partial charge < -0.3 is 4.42 Å². The number of hydrogen-bond donors (Lipinski definition) is 1. The molecule has 0 radical (unpaired) electrons. The van der Waals surface area contributed by atoms with Gasteiger partial charge in [-0.2, -0.15) is 5.26 Å². The average Bonchev–Trinajstić information content (AvgIpc) is 3.00. The number of rotatable bonds is 3. The van der Waals surface area contributed by atoms with Crippen molar-refractivity contribution in [3.05, 3.63) is 53.2 Å². The van der Waals surface area contributed by atoms with Crippen LogP contribution in [0.15, 0.2) is 40.5 Å². The van der Waals surface area contributed by atoms with E-state index in [-0.39, 0.29) is 5.57 Å². The second-order valence-electron chi connectivity index (χ2n) is 4.08. The maximum atomic E-state index is 12.0. The molecule has 2 rings (SSSR count). The summed E-state index contributed by atoms with van der Waals surface area (Å²) >= 11 is 0. The van der Waals surface area contributed by atoms with Crippen LogP contribution in [0.4, 0.5) is 0 Å². The lowest BCUT2D eigenvalue weighted by Gasteiger charge is -2.10. The third-order valence-electron chi connectivity index (χ3n) is 2.68. The quantitative estimate of drug-likeness (QED) is 0.676. The summed E-state index contributed by atoms with van der Waals surface area (Å²) < 4.78 is 6.72. The summed E-state index contributed by atoms with van der Waals surface area (Å²) in [7, 11) is 0. The van der Waals surface area contributed by atoms with Crippen LogP contribution in [-0.2, 0) is 4.79 Å². The Morgan fingerprint density at radius 2 is 2.05 bits per heavy atom. The molecule has 0 atom stereocenters. The zero-order valence-electron chi connectivity index (χ0n) is 10.7. The second kappa shape index (κ2) is 5.27. The van der Waals surface area contributed by atoms with Gasteiger partial charge in [0.15, 0.2) is 0 Å². The second-order valence-corrected chi connectivity index (χ2v) is 4.08. The molecule has 0 aliphatic heterocycles. The molecule has 2 aromatic heterocycles. The molecule has 96 valence electrons. The molecule has 19 heavy (non-hydrogen) atoms. The highest BCUT2D eigenvalue weighted by atomic mass is 16.3. The molecule has 0 aromatic carbocycles. The number of carbonyl (C=O) groups excluding carboxylic acids is 1. The number of hydrogen-bond acceptors (Lipinski definition) is 3. The summed E-state index contributed by atoms with van der Waals surface area (Å²) in [6.07, 6.45) is 2.89. The molecule has 0 aliphatic rings. The number of nitrogens with one attached hydrogen (secondary N) is 1. The van der Waals surface area contributed by atoms with Gasteiger partial charge in [-0.1, -0.05) is 0 Å². The van der Waals surface area contributed by atoms with Crippen molar-refractivity contribution in [1.82, 2.24) is 4.68 Å². The fraction of sp³-hybridized carbons (Fsp3) is 0.143. The van der Waals surface area contributed by atoms with Gasteiger partial charge in [0.2, 0.25) is 0 Å². The molecular weight excluding hydrogens is 242 g/mol. The molecule has 0 fully saturated rings. The summed E-state index contributed by atoms with van der Waals surface area (Å²) in [5, 5.41) is 9.03. The van der Waals surface area contributed by atoms with Gasteiger partial charge in [0.05, 0.1) is 6.26 Å². The maximum absolute atomic E-state index is 12.0. The van der Waals surface area contributed by atoms with E-state index < -0.39 is 5.91 Å². The van der Waals surface area contributed by atoms with E-state index >= 15 is 0 Å². The van der Waals surface area contributed by atoms with Crippen molar-refractivity contribution in [2.24, 2.45) is 0 Å². The molecule has 5 nitrogen and oxygen atoms in total. The minimum absolute atomic E-state index is 0.0116. The monoisotopic (exact) mass is 255 g/mol. The predicted molar refractivity (Wildman–Crippen MR) is 70.6 cm³/mol. The molecule has 0 saturated heterocycles. The van der Waals surface area contributed by atoms with Gasteiger partial charge in [-0.25, -0.2) is 0 Å². The Hall–Kier alpha value is -2.74. The van der Waals surface area contributed by atoms with Crippen LogP contribution in [0.1, 0.15) is 17.1 Å². The van der Waals surface area contributed by atoms with E-state index in [1.807, 2.05) is 32.0 Å². The standard InChI is InChI=1S/C14H13N3O2/c1-10-5-6-11(2)17(10)16-14(18)12(9-15)8-13-4-3-7-19-13/h3-8H,1-2H3,(H,16,18)/b12-8-. The summed E-state index contributed by atoms with van der Waals surface area (Å²) in [6.45, 7) is 3.74. The smallest absolute Gasteiger partial charge is 0.280 e. The number of nitriles is 1. The Morgan fingerprint density at radius 3 is 2.58 bits per heavy atom.